The number of ketones is 1. The monoisotopic (exact) mass is 1880 g/mol. The van der Waals surface area contributed by atoms with E-state index in [1.54, 1.807) is 98.9 Å². The molecule has 0 radical (unpaired) electrons. The SMILES string of the molecule is CC(=O)c1cn2c(cc1=O)-c1cc(Cl)c(OCC3CC3)cc1OC2c1scnc1Cl.COCCCOc1cc2c(cc1Cl)-c1cc(=O)c(C(=O)O)cn1C(c1csc(Cl)c1Cl)O2.COCCCOc1cc2c(cc1OC)-c1cc(=O)c(C(=O)O)cn1C(c1sccc1Cl)O2.O=C(O)c1cn2c(cc1=O)-c1cc(Cl)c(OCC3CC3)cc1OC2c1cscn1. The molecule has 3 N–H and O–H groups in total. The zero-order chi connectivity index (χ0) is 86.9. The quantitative estimate of drug-likeness (QED) is 0.0353. The van der Waals surface area contributed by atoms with E-state index in [9.17, 15) is 53.7 Å². The van der Waals surface area contributed by atoms with Crippen LogP contribution in [0.3, 0.4) is 0 Å². The number of thiophene rings is 2. The molecule has 123 heavy (non-hydrogen) atoms. The number of pyridine rings is 4. The molecule has 638 valence electrons. The predicted octanol–water partition coefficient (Wildman–Crippen LogP) is 19.1. The molecule has 28 nitrogen and oxygen atoms in total. The fourth-order valence-corrected chi connectivity index (χ4v) is 18.2. The highest BCUT2D eigenvalue weighted by Gasteiger charge is 2.38. The van der Waals surface area contributed by atoms with Gasteiger partial charge in [0.2, 0.25) is 24.9 Å². The van der Waals surface area contributed by atoms with Crippen LogP contribution >= 0.6 is 127 Å². The fraction of sp³-hybridized carbons (Fsp3) is 0.262. The van der Waals surface area contributed by atoms with Crippen LogP contribution in [0.5, 0.6) is 51.7 Å². The number of fused-ring (bicyclic) bond motifs is 12. The highest BCUT2D eigenvalue weighted by molar-refractivity contribution is 7.15. The van der Waals surface area contributed by atoms with E-state index >= 15 is 0 Å². The Hall–Kier alpha value is -10.4. The molecule has 4 unspecified atom stereocenters. The molecule has 8 aromatic heterocycles. The summed E-state index contributed by atoms with van der Waals surface area (Å²) in [5.74, 6) is 1.16. The number of ether oxygens (including phenoxy) is 11. The zero-order valence-electron chi connectivity index (χ0n) is 64.7. The van der Waals surface area contributed by atoms with Gasteiger partial charge >= 0.3 is 17.9 Å². The van der Waals surface area contributed by atoms with E-state index < -0.39 is 64.7 Å². The van der Waals surface area contributed by atoms with Gasteiger partial charge in [-0.05, 0) is 80.2 Å². The number of carboxylic acid groups (broad SMARTS) is 3. The average Bonchev–Trinajstić information content (AvgIpc) is 1.48. The Morgan fingerprint density at radius 1 is 0.455 bits per heavy atom. The van der Waals surface area contributed by atoms with Gasteiger partial charge in [0.15, 0.2) is 39.0 Å². The van der Waals surface area contributed by atoms with Gasteiger partial charge in [-0.1, -0.05) is 81.2 Å². The minimum absolute atomic E-state index is 0.0759. The first-order valence-electron chi connectivity index (χ1n) is 37.5. The van der Waals surface area contributed by atoms with Crippen molar-refractivity contribution in [2.75, 3.05) is 61.0 Å². The third kappa shape index (κ3) is 18.7. The number of carbonyl (C=O) groups excluding carboxylic acids is 1. The molecule has 0 amide bonds. The van der Waals surface area contributed by atoms with Gasteiger partial charge in [-0.15, -0.1) is 45.3 Å². The van der Waals surface area contributed by atoms with Gasteiger partial charge in [0.25, 0.3) is 0 Å². The standard InChI is InChI=1S/C22H20ClNO7S.C21H16Cl3NO6S.C21H16Cl2N2O4S.C20H15ClN2O5S/c1-28-5-3-6-30-19-10-17-12(8-18(19)29-2)15-9-16(25)13(22(26)27)11-24(15)21(31-17)20-14(23)4-7-32-20;1-29-3-2-4-30-17-7-16-10(5-13(17)22)14-6-15(26)11(21(27)28)8-25(14)20(31-16)12-9-32-19(24)18(12)23;1-10(26)13-7-25-15(5-16(13)27)12-4-14(22)18(28-8-11-2-3-11)6-17(12)29-21(25)19-20(23)24-9-30-19;21-13-3-11-15-4-16(24)12(20(25)26)6-23(15)19(14-8-29-9-22-14)28-17(11)5-18(13)27-7-10-1-2-10/h4,7-11,21H,3,5-6H2,1-2H3,(H,26,27);5-9,20H,2-4H2,1H3,(H,27,28);4-7,9,11,21H,2-3,8H2,1H3;3-6,8-10,19H,1-2,7H2,(H,25,26). The Morgan fingerprint density at radius 2 is 0.878 bits per heavy atom. The number of halogens is 7. The smallest absolute Gasteiger partial charge is 0.341 e. The molecule has 6 aliphatic rings. The van der Waals surface area contributed by atoms with Crippen LogP contribution in [0.1, 0.15) is 133 Å². The van der Waals surface area contributed by atoms with Crippen molar-refractivity contribution in [3.63, 3.8) is 0 Å². The zero-order valence-corrected chi connectivity index (χ0v) is 73.3. The van der Waals surface area contributed by atoms with Crippen molar-refractivity contribution in [2.45, 2.75) is 70.4 Å². The van der Waals surface area contributed by atoms with Crippen LogP contribution < -0.4 is 64.3 Å². The first-order chi connectivity index (χ1) is 59.2. The molecule has 2 fully saturated rings. The molecule has 4 aliphatic heterocycles. The Bertz CT molecular complexity index is 6400. The van der Waals surface area contributed by atoms with Gasteiger partial charge in [0.05, 0.1) is 103 Å². The van der Waals surface area contributed by atoms with Gasteiger partial charge in [0, 0.05) is 152 Å². The van der Waals surface area contributed by atoms with Crippen molar-refractivity contribution in [1.29, 1.82) is 0 Å². The maximum atomic E-state index is 12.6. The molecule has 0 bridgehead atoms. The molecule has 4 aromatic carbocycles. The maximum absolute atomic E-state index is 12.6. The van der Waals surface area contributed by atoms with Gasteiger partial charge in [-0.25, -0.2) is 24.4 Å². The van der Waals surface area contributed by atoms with Crippen molar-refractivity contribution in [2.24, 2.45) is 11.8 Å². The third-order valence-electron chi connectivity index (χ3n) is 20.0. The molecule has 4 atom stereocenters. The lowest BCUT2D eigenvalue weighted by molar-refractivity contribution is 0.0682. The van der Waals surface area contributed by atoms with Crippen molar-refractivity contribution in [1.82, 2.24) is 28.2 Å². The van der Waals surface area contributed by atoms with Gasteiger partial charge in [-0.2, -0.15) is 0 Å². The van der Waals surface area contributed by atoms with Crippen LogP contribution in [-0.2, 0) is 9.47 Å². The van der Waals surface area contributed by atoms with E-state index in [1.807, 2.05) is 10.8 Å². The number of carboxylic acids is 3. The number of benzene rings is 4. The van der Waals surface area contributed by atoms with Crippen LogP contribution in [0.15, 0.2) is 150 Å². The Morgan fingerprint density at radius 3 is 1.28 bits per heavy atom. The summed E-state index contributed by atoms with van der Waals surface area (Å²) in [6, 6.07) is 20.5. The number of thiazole rings is 2. The number of rotatable bonds is 25. The van der Waals surface area contributed by atoms with E-state index in [0.29, 0.717) is 212 Å². The Kier molecular flexibility index (Phi) is 26.7. The van der Waals surface area contributed by atoms with Gasteiger partial charge < -0.3 is 85.7 Å². The number of hydrogen-bond acceptors (Lipinski definition) is 25. The number of hydrogen-bond donors (Lipinski definition) is 3. The summed E-state index contributed by atoms with van der Waals surface area (Å²) in [4.78, 5) is 106. The highest BCUT2D eigenvalue weighted by atomic mass is 35.5. The van der Waals surface area contributed by atoms with E-state index in [4.69, 9.17) is 133 Å². The second kappa shape index (κ2) is 37.6. The Balaban J connectivity index is 0.000000127. The summed E-state index contributed by atoms with van der Waals surface area (Å²) in [6.07, 6.45) is 8.35. The minimum atomic E-state index is -1.35. The summed E-state index contributed by atoms with van der Waals surface area (Å²) in [6.45, 7) is 4.48. The molecule has 2 aliphatic carbocycles. The van der Waals surface area contributed by atoms with Crippen LogP contribution in [0, 0.1) is 11.8 Å². The number of methoxy groups -OCH3 is 3. The maximum Gasteiger partial charge on any atom is 0.341 e. The molecular formula is C84H67Cl7N6O22S4. The molecular weight excluding hydrogens is 1820 g/mol. The summed E-state index contributed by atoms with van der Waals surface area (Å²) >= 11 is 49.8. The van der Waals surface area contributed by atoms with Crippen LogP contribution in [0.2, 0.25) is 34.6 Å². The third-order valence-corrected chi connectivity index (χ3v) is 26.0. The number of aromatic carboxylic acids is 3. The van der Waals surface area contributed by atoms with Crippen molar-refractivity contribution in [3.8, 4) is 96.8 Å². The second-order valence-electron chi connectivity index (χ2n) is 28.3. The summed E-state index contributed by atoms with van der Waals surface area (Å²) < 4.78 is 70.6. The van der Waals surface area contributed by atoms with Crippen LogP contribution in [0.4, 0.5) is 0 Å². The molecule has 18 rings (SSSR count). The van der Waals surface area contributed by atoms with Crippen LogP contribution in [0.25, 0.3) is 45.0 Å². The summed E-state index contributed by atoms with van der Waals surface area (Å²) in [5.41, 5.74) is 5.55. The number of nitrogens with zero attached hydrogens (tertiary/aromatic N) is 6. The van der Waals surface area contributed by atoms with Crippen molar-refractivity contribution < 1.29 is 86.6 Å². The lowest BCUT2D eigenvalue weighted by Crippen LogP contribution is -2.28. The second-order valence-corrected chi connectivity index (χ2v) is 34.7. The normalized spacial score (nSPS) is 15.7. The van der Waals surface area contributed by atoms with Gasteiger partial charge in [-0.3, -0.25) is 24.0 Å². The lowest BCUT2D eigenvalue weighted by Gasteiger charge is -2.31. The van der Waals surface area contributed by atoms with Crippen molar-refractivity contribution in [3.05, 3.63) is 250 Å². The molecule has 12 heterocycles. The van der Waals surface area contributed by atoms with E-state index in [-0.39, 0.29) is 32.9 Å². The molecule has 0 spiro atoms. The largest absolute Gasteiger partial charge is 0.493 e. The molecule has 0 saturated heterocycles. The minimum Gasteiger partial charge on any atom is -0.493 e. The predicted molar refractivity (Wildman–Crippen MR) is 465 cm³/mol. The van der Waals surface area contributed by atoms with E-state index in [1.165, 1.54) is 126 Å². The summed E-state index contributed by atoms with van der Waals surface area (Å²) in [5, 5.41) is 35.8. The lowest BCUT2D eigenvalue weighted by atomic mass is 10.0. The number of carbonyl (C=O) groups is 4. The Labute approximate surface area is 748 Å². The number of Topliss-reactive ketones (excluding diaryl/α,β-unsaturated/α-hetero) is 1. The summed E-state index contributed by atoms with van der Waals surface area (Å²) in [7, 11) is 4.75. The number of aromatic nitrogens is 6. The van der Waals surface area contributed by atoms with E-state index in [2.05, 4.69) is 9.97 Å². The first kappa shape index (κ1) is 87.5. The highest BCUT2D eigenvalue weighted by Crippen LogP contribution is 2.53. The van der Waals surface area contributed by atoms with Crippen LogP contribution in [-0.4, -0.2) is 128 Å². The topological polar surface area (TPSA) is 344 Å². The van der Waals surface area contributed by atoms with Gasteiger partial charge in [0.1, 0.15) is 77.0 Å². The molecule has 12 aromatic rings. The van der Waals surface area contributed by atoms with E-state index in [0.717, 1.165) is 12.8 Å². The molecule has 39 heteroatoms. The molecule has 2 saturated carbocycles. The first-order valence-corrected chi connectivity index (χ1v) is 43.7. The van der Waals surface area contributed by atoms with Crippen molar-refractivity contribution >= 4 is 150 Å². The fourth-order valence-electron chi connectivity index (χ4n) is 13.5. The average molecular weight is 1890 g/mol.